The molecule has 1 aliphatic heterocycles. The van der Waals surface area contributed by atoms with Crippen LogP contribution in [0.3, 0.4) is 0 Å². The summed E-state index contributed by atoms with van der Waals surface area (Å²) in [5.74, 6) is 1.40. The highest BCUT2D eigenvalue weighted by Crippen LogP contribution is 2.24. The number of carbonyl (C=O) groups excluding carboxylic acids is 1. The summed E-state index contributed by atoms with van der Waals surface area (Å²) in [6.45, 7) is 0.948. The maximum atomic E-state index is 13.2. The number of hydrogen-bond acceptors (Lipinski definition) is 3. The van der Waals surface area contributed by atoms with Crippen LogP contribution >= 0.6 is 0 Å². The molecule has 4 rings (SSSR count). The van der Waals surface area contributed by atoms with Gasteiger partial charge in [-0.05, 0) is 54.8 Å². The molecule has 1 aromatic heterocycles. The first-order valence-electron chi connectivity index (χ1n) is 8.76. The molecule has 0 radical (unpaired) electrons. The van der Waals surface area contributed by atoms with E-state index < -0.39 is 0 Å². The largest absolute Gasteiger partial charge is 0.326 e. The molecule has 5 nitrogen and oxygen atoms in total. The van der Waals surface area contributed by atoms with Crippen LogP contribution in [0.2, 0.25) is 0 Å². The zero-order valence-corrected chi connectivity index (χ0v) is 14.3. The van der Waals surface area contributed by atoms with Gasteiger partial charge in [0.1, 0.15) is 11.6 Å². The van der Waals surface area contributed by atoms with Crippen LogP contribution < -0.4 is 5.32 Å². The minimum atomic E-state index is -0.337. The van der Waals surface area contributed by atoms with E-state index in [4.69, 9.17) is 0 Å². The molecule has 0 unspecified atom stereocenters. The highest BCUT2D eigenvalue weighted by molar-refractivity contribution is 5.92. The van der Waals surface area contributed by atoms with Crippen molar-refractivity contribution in [2.45, 2.75) is 32.2 Å². The molecule has 26 heavy (non-hydrogen) atoms. The molecular formula is C20H19FN4O. The van der Waals surface area contributed by atoms with Gasteiger partial charge in [0, 0.05) is 24.2 Å². The summed E-state index contributed by atoms with van der Waals surface area (Å²) in [6, 6.07) is 13.6. The fourth-order valence-corrected chi connectivity index (χ4v) is 3.26. The molecule has 0 spiro atoms. The van der Waals surface area contributed by atoms with E-state index in [9.17, 15) is 9.18 Å². The molecule has 6 heteroatoms. The van der Waals surface area contributed by atoms with Crippen molar-refractivity contribution in [1.82, 2.24) is 14.8 Å². The third kappa shape index (κ3) is 3.49. The Morgan fingerprint density at radius 2 is 1.96 bits per heavy atom. The van der Waals surface area contributed by atoms with E-state index in [-0.39, 0.29) is 18.1 Å². The first-order chi connectivity index (χ1) is 12.7. The van der Waals surface area contributed by atoms with Crippen LogP contribution in [0.4, 0.5) is 10.1 Å². The van der Waals surface area contributed by atoms with Crippen LogP contribution in [0.25, 0.3) is 11.4 Å². The van der Waals surface area contributed by atoms with Gasteiger partial charge in [-0.1, -0.05) is 12.1 Å². The smallest absolute Gasteiger partial charge is 0.228 e. The summed E-state index contributed by atoms with van der Waals surface area (Å²) in [6.07, 6.45) is 3.42. The van der Waals surface area contributed by atoms with Crippen molar-refractivity contribution in [3.8, 4) is 11.4 Å². The molecule has 1 N–H and O–H groups in total. The Hall–Kier alpha value is -3.02. The predicted molar refractivity (Wildman–Crippen MR) is 97.1 cm³/mol. The van der Waals surface area contributed by atoms with E-state index in [0.717, 1.165) is 43.0 Å². The van der Waals surface area contributed by atoms with E-state index in [2.05, 4.69) is 20.1 Å². The average Bonchev–Trinajstić information content (AvgIpc) is 3.06. The molecule has 0 atom stereocenters. The lowest BCUT2D eigenvalue weighted by Crippen LogP contribution is -2.14. The Morgan fingerprint density at radius 3 is 2.77 bits per heavy atom. The Kier molecular flexibility index (Phi) is 4.48. The minimum Gasteiger partial charge on any atom is -0.326 e. The molecule has 0 saturated carbocycles. The number of hydrogen-bond donors (Lipinski definition) is 1. The van der Waals surface area contributed by atoms with Crippen molar-refractivity contribution in [2.24, 2.45) is 0 Å². The van der Waals surface area contributed by atoms with Crippen molar-refractivity contribution < 1.29 is 9.18 Å². The number of nitrogens with zero attached hydrogens (tertiary/aromatic N) is 3. The molecule has 0 fully saturated rings. The summed E-state index contributed by atoms with van der Waals surface area (Å²) in [4.78, 5) is 12.1. The first kappa shape index (κ1) is 16.4. The lowest BCUT2D eigenvalue weighted by molar-refractivity contribution is -0.115. The molecule has 2 aromatic carbocycles. The number of nitrogens with one attached hydrogen (secondary N) is 1. The molecular weight excluding hydrogens is 331 g/mol. The number of aromatic nitrogens is 3. The lowest BCUT2D eigenvalue weighted by Gasteiger charge is -2.14. The van der Waals surface area contributed by atoms with Crippen molar-refractivity contribution >= 4 is 11.6 Å². The summed E-state index contributed by atoms with van der Waals surface area (Å²) in [7, 11) is 0. The second-order valence-corrected chi connectivity index (χ2v) is 6.48. The zero-order valence-electron chi connectivity index (χ0n) is 14.3. The number of halogens is 1. The zero-order chi connectivity index (χ0) is 17.9. The van der Waals surface area contributed by atoms with Crippen molar-refractivity contribution in [1.29, 1.82) is 0 Å². The second-order valence-electron chi connectivity index (χ2n) is 6.48. The van der Waals surface area contributed by atoms with Gasteiger partial charge in [-0.2, -0.15) is 0 Å². The van der Waals surface area contributed by atoms with Gasteiger partial charge in [0.05, 0.1) is 6.42 Å². The van der Waals surface area contributed by atoms with E-state index in [1.807, 2.05) is 24.3 Å². The molecule has 132 valence electrons. The normalized spacial score (nSPS) is 13.3. The number of amides is 1. The number of rotatable bonds is 4. The van der Waals surface area contributed by atoms with Crippen LogP contribution in [0.1, 0.15) is 24.2 Å². The van der Waals surface area contributed by atoms with Crippen molar-refractivity contribution in [3.63, 3.8) is 0 Å². The topological polar surface area (TPSA) is 59.8 Å². The highest BCUT2D eigenvalue weighted by Gasteiger charge is 2.16. The van der Waals surface area contributed by atoms with Gasteiger partial charge in [0.2, 0.25) is 5.91 Å². The maximum Gasteiger partial charge on any atom is 0.228 e. The number of benzene rings is 2. The summed E-state index contributed by atoms with van der Waals surface area (Å²) in [5, 5.41) is 11.4. The van der Waals surface area contributed by atoms with E-state index in [0.29, 0.717) is 11.3 Å². The number of anilines is 1. The van der Waals surface area contributed by atoms with Crippen LogP contribution in [0.15, 0.2) is 48.5 Å². The van der Waals surface area contributed by atoms with Gasteiger partial charge < -0.3 is 9.88 Å². The second kappa shape index (κ2) is 7.07. The quantitative estimate of drug-likeness (QED) is 0.782. The monoisotopic (exact) mass is 350 g/mol. The molecule has 0 aliphatic carbocycles. The first-order valence-corrected chi connectivity index (χ1v) is 8.76. The third-order valence-electron chi connectivity index (χ3n) is 4.54. The average molecular weight is 350 g/mol. The summed E-state index contributed by atoms with van der Waals surface area (Å²) in [5.41, 5.74) is 2.33. The molecule has 3 aromatic rings. The molecule has 0 saturated heterocycles. The Labute approximate surface area is 150 Å². The van der Waals surface area contributed by atoms with E-state index >= 15 is 0 Å². The van der Waals surface area contributed by atoms with Gasteiger partial charge in [0.25, 0.3) is 0 Å². The number of carbonyl (C=O) groups is 1. The van der Waals surface area contributed by atoms with Crippen LogP contribution in [0.5, 0.6) is 0 Å². The van der Waals surface area contributed by atoms with E-state index in [1.165, 1.54) is 12.1 Å². The predicted octanol–water partition coefficient (Wildman–Crippen LogP) is 3.60. The Balaban J connectivity index is 1.44. The summed E-state index contributed by atoms with van der Waals surface area (Å²) >= 11 is 0. The van der Waals surface area contributed by atoms with Crippen LogP contribution in [0, 0.1) is 5.82 Å². The third-order valence-corrected chi connectivity index (χ3v) is 4.54. The van der Waals surface area contributed by atoms with Gasteiger partial charge in [-0.3, -0.25) is 4.79 Å². The Morgan fingerprint density at radius 1 is 1.12 bits per heavy atom. The van der Waals surface area contributed by atoms with Gasteiger partial charge in [0.15, 0.2) is 5.82 Å². The fraction of sp³-hybridized carbons (Fsp3) is 0.250. The minimum absolute atomic E-state index is 0.136. The standard InChI is InChI=1S/C20H19FN4O/c21-16-5-3-4-14(12-16)13-19(26)22-17-9-7-15(8-10-17)20-24-23-18-6-1-2-11-25(18)20/h3-5,7-10,12H,1-2,6,11,13H2,(H,22,26). The summed E-state index contributed by atoms with van der Waals surface area (Å²) < 4.78 is 15.4. The molecule has 2 heterocycles. The van der Waals surface area contributed by atoms with Gasteiger partial charge >= 0.3 is 0 Å². The molecule has 0 bridgehead atoms. The molecule has 1 amide bonds. The maximum absolute atomic E-state index is 13.2. The van der Waals surface area contributed by atoms with Crippen LogP contribution in [-0.4, -0.2) is 20.7 Å². The lowest BCUT2D eigenvalue weighted by atomic mass is 10.1. The van der Waals surface area contributed by atoms with Crippen molar-refractivity contribution in [2.75, 3.05) is 5.32 Å². The van der Waals surface area contributed by atoms with Gasteiger partial charge in [-0.15, -0.1) is 10.2 Å². The number of fused-ring (bicyclic) bond motifs is 1. The molecule has 1 aliphatic rings. The SMILES string of the molecule is O=C(Cc1cccc(F)c1)Nc1ccc(-c2nnc3n2CCCC3)cc1. The van der Waals surface area contributed by atoms with Crippen LogP contribution in [-0.2, 0) is 24.2 Å². The van der Waals surface area contributed by atoms with Gasteiger partial charge in [-0.25, -0.2) is 4.39 Å². The van der Waals surface area contributed by atoms with Crippen molar-refractivity contribution in [3.05, 3.63) is 65.7 Å². The van der Waals surface area contributed by atoms with E-state index in [1.54, 1.807) is 12.1 Å². The fourth-order valence-electron chi connectivity index (χ4n) is 3.26. The number of aryl methyl sites for hydroxylation is 1. The Bertz CT molecular complexity index is 933. The highest BCUT2D eigenvalue weighted by atomic mass is 19.1.